The van der Waals surface area contributed by atoms with Crippen LogP contribution in [0.5, 0.6) is 0 Å². The predicted molar refractivity (Wildman–Crippen MR) is 152 cm³/mol. The van der Waals surface area contributed by atoms with Gasteiger partial charge in [0.05, 0.1) is 16.9 Å². The van der Waals surface area contributed by atoms with Gasteiger partial charge in [-0.1, -0.05) is 6.07 Å². The van der Waals surface area contributed by atoms with Crippen LogP contribution in [0.3, 0.4) is 0 Å². The van der Waals surface area contributed by atoms with Gasteiger partial charge in [0, 0.05) is 88.1 Å². The zero-order valence-electron chi connectivity index (χ0n) is 21.5. The minimum absolute atomic E-state index is 0.248. The second kappa shape index (κ2) is 10.3. The molecule has 2 saturated heterocycles. The highest BCUT2D eigenvalue weighted by Gasteiger charge is 2.23. The van der Waals surface area contributed by atoms with Crippen molar-refractivity contribution in [3.63, 3.8) is 0 Å². The van der Waals surface area contributed by atoms with Crippen LogP contribution >= 0.6 is 0 Å². The molecule has 0 atom stereocenters. The number of benzene rings is 1. The van der Waals surface area contributed by atoms with Gasteiger partial charge in [-0.25, -0.2) is 14.8 Å². The lowest BCUT2D eigenvalue weighted by molar-refractivity contribution is 0.0695. The molecule has 0 saturated carbocycles. The third-order valence-corrected chi connectivity index (χ3v) is 7.43. The van der Waals surface area contributed by atoms with Gasteiger partial charge in [0.15, 0.2) is 0 Å². The molecular formula is C28H30N8O3. The minimum atomic E-state index is -1.29. The van der Waals surface area contributed by atoms with Gasteiger partial charge in [-0.2, -0.15) is 0 Å². The number of carboxylic acids is 1. The summed E-state index contributed by atoms with van der Waals surface area (Å²) in [6.07, 6.45) is 4.88. The van der Waals surface area contributed by atoms with Crippen molar-refractivity contribution in [1.82, 2.24) is 19.9 Å². The van der Waals surface area contributed by atoms with Crippen molar-refractivity contribution in [2.75, 3.05) is 72.8 Å². The molecule has 1 aromatic carbocycles. The number of nitrogens with two attached hydrogens (primary N) is 1. The van der Waals surface area contributed by atoms with Crippen LogP contribution in [0, 0.1) is 0 Å². The zero-order valence-corrected chi connectivity index (χ0v) is 21.5. The lowest BCUT2D eigenvalue weighted by Gasteiger charge is -2.37. The first kappa shape index (κ1) is 24.7. The molecule has 39 heavy (non-hydrogen) atoms. The Morgan fingerprint density at radius 1 is 0.872 bits per heavy atom. The van der Waals surface area contributed by atoms with Crippen LogP contribution in [0.25, 0.3) is 16.7 Å². The van der Waals surface area contributed by atoms with Crippen LogP contribution in [0.1, 0.15) is 10.4 Å². The molecule has 0 amide bonds. The highest BCUT2D eigenvalue weighted by Crippen LogP contribution is 2.31. The number of pyridine rings is 3. The maximum atomic E-state index is 13.2. The van der Waals surface area contributed by atoms with E-state index >= 15 is 0 Å². The quantitative estimate of drug-likeness (QED) is 0.331. The Bertz CT molecular complexity index is 1580. The number of hydrogen-bond donors (Lipinski definition) is 3. The monoisotopic (exact) mass is 526 g/mol. The maximum Gasteiger partial charge on any atom is 0.341 e. The largest absolute Gasteiger partial charge is 0.477 e. The van der Waals surface area contributed by atoms with Crippen LogP contribution in [0.15, 0.2) is 65.8 Å². The van der Waals surface area contributed by atoms with Crippen molar-refractivity contribution in [1.29, 1.82) is 0 Å². The molecule has 0 bridgehead atoms. The molecule has 5 heterocycles. The average molecular weight is 527 g/mol. The second-order valence-corrected chi connectivity index (χ2v) is 9.75. The van der Waals surface area contributed by atoms with Gasteiger partial charge in [0.1, 0.15) is 17.2 Å². The van der Waals surface area contributed by atoms with Crippen molar-refractivity contribution in [3.05, 3.63) is 76.8 Å². The number of fused-ring (bicyclic) bond motifs is 1. The van der Waals surface area contributed by atoms with Gasteiger partial charge < -0.3 is 30.9 Å². The molecule has 4 N–H and O–H groups in total. The topological polar surface area (TPSA) is 133 Å². The molecule has 0 spiro atoms. The summed E-state index contributed by atoms with van der Waals surface area (Å²) < 4.78 is 1.69. The van der Waals surface area contributed by atoms with Crippen LogP contribution in [-0.2, 0) is 0 Å². The van der Waals surface area contributed by atoms with E-state index in [-0.39, 0.29) is 10.9 Å². The van der Waals surface area contributed by atoms with E-state index in [4.69, 9.17) is 5.73 Å². The summed E-state index contributed by atoms with van der Waals surface area (Å²) in [5.74, 6) is 0.186. The van der Waals surface area contributed by atoms with E-state index in [1.165, 1.54) is 6.20 Å². The van der Waals surface area contributed by atoms with Crippen LogP contribution in [0.4, 0.5) is 22.9 Å². The summed E-state index contributed by atoms with van der Waals surface area (Å²) in [5.41, 5.74) is 8.38. The fourth-order valence-electron chi connectivity index (χ4n) is 5.37. The number of hydrogen-bond acceptors (Lipinski definition) is 9. The van der Waals surface area contributed by atoms with Crippen molar-refractivity contribution in [3.8, 4) is 5.82 Å². The molecule has 3 aromatic heterocycles. The fraction of sp³-hybridized carbons (Fsp3) is 0.286. The third-order valence-electron chi connectivity index (χ3n) is 7.43. The van der Waals surface area contributed by atoms with E-state index in [2.05, 4.69) is 30.0 Å². The summed E-state index contributed by atoms with van der Waals surface area (Å²) in [4.78, 5) is 40.9. The molecule has 2 aliphatic heterocycles. The number of aromatic nitrogens is 3. The Labute approximate surface area is 225 Å². The van der Waals surface area contributed by atoms with Crippen molar-refractivity contribution in [2.45, 2.75) is 0 Å². The Morgan fingerprint density at radius 3 is 2.33 bits per heavy atom. The van der Waals surface area contributed by atoms with Crippen LogP contribution < -0.4 is 31.2 Å². The van der Waals surface area contributed by atoms with Gasteiger partial charge >= 0.3 is 5.97 Å². The molecule has 11 heteroatoms. The van der Waals surface area contributed by atoms with Gasteiger partial charge in [-0.15, -0.1) is 0 Å². The number of nitrogens with zero attached hydrogens (tertiary/aromatic N) is 6. The summed E-state index contributed by atoms with van der Waals surface area (Å²) >= 11 is 0. The van der Waals surface area contributed by atoms with Gasteiger partial charge in [0.25, 0.3) is 0 Å². The highest BCUT2D eigenvalue weighted by atomic mass is 16.4. The van der Waals surface area contributed by atoms with E-state index in [9.17, 15) is 14.7 Å². The highest BCUT2D eigenvalue weighted by molar-refractivity contribution is 5.96. The van der Waals surface area contributed by atoms with Crippen LogP contribution in [0.2, 0.25) is 0 Å². The van der Waals surface area contributed by atoms with E-state index in [0.717, 1.165) is 69.6 Å². The first-order valence-electron chi connectivity index (χ1n) is 13.0. The number of anilines is 4. The average Bonchev–Trinajstić information content (AvgIpc) is 2.98. The summed E-state index contributed by atoms with van der Waals surface area (Å²) in [6, 6.07) is 13.2. The van der Waals surface area contributed by atoms with Gasteiger partial charge in [0.2, 0.25) is 5.43 Å². The molecule has 6 rings (SSSR count). The zero-order chi connectivity index (χ0) is 26.9. The molecule has 2 aliphatic rings. The van der Waals surface area contributed by atoms with E-state index < -0.39 is 11.4 Å². The Kier molecular flexibility index (Phi) is 6.49. The molecular weight excluding hydrogens is 496 g/mol. The molecule has 0 unspecified atom stereocenters. The number of carbonyl (C=O) groups is 1. The smallest absolute Gasteiger partial charge is 0.341 e. The summed E-state index contributed by atoms with van der Waals surface area (Å²) in [5, 5.41) is 13.4. The summed E-state index contributed by atoms with van der Waals surface area (Å²) in [7, 11) is 0. The van der Waals surface area contributed by atoms with Crippen molar-refractivity contribution < 1.29 is 9.90 Å². The maximum absolute atomic E-state index is 13.2. The Balaban J connectivity index is 1.41. The van der Waals surface area contributed by atoms with Crippen molar-refractivity contribution in [2.24, 2.45) is 0 Å². The van der Waals surface area contributed by atoms with Crippen molar-refractivity contribution >= 4 is 39.8 Å². The molecule has 2 fully saturated rings. The lowest BCUT2D eigenvalue weighted by atomic mass is 10.1. The molecule has 200 valence electrons. The Hall–Kier alpha value is -4.64. The second-order valence-electron chi connectivity index (χ2n) is 9.75. The fourth-order valence-corrected chi connectivity index (χ4v) is 5.37. The number of nitrogen functional groups attached to an aromatic ring is 1. The number of piperazine rings is 2. The van der Waals surface area contributed by atoms with E-state index in [0.29, 0.717) is 17.0 Å². The van der Waals surface area contributed by atoms with Gasteiger partial charge in [-0.05, 0) is 30.3 Å². The molecule has 11 nitrogen and oxygen atoms in total. The molecule has 0 radical (unpaired) electrons. The normalized spacial score (nSPS) is 16.1. The molecule has 0 aliphatic carbocycles. The number of aromatic carboxylic acids is 1. The number of nitrogens with one attached hydrogen (secondary N) is 1. The standard InChI is InChI=1S/C28H30N8O3/c29-22-16-20-23(17-24(22)34-11-13-35(14-12-34)25-3-1-2-5-31-25)36(18-21(27(20)37)28(38)39)26-15-19(4-6-32-26)33-9-7-30-8-10-33/h1-6,15-18,30H,7-14,29H2,(H,38,39). The van der Waals surface area contributed by atoms with E-state index in [1.54, 1.807) is 23.0 Å². The summed E-state index contributed by atoms with van der Waals surface area (Å²) in [6.45, 7) is 6.48. The first-order valence-corrected chi connectivity index (χ1v) is 13.0. The Morgan fingerprint density at radius 2 is 1.62 bits per heavy atom. The van der Waals surface area contributed by atoms with Gasteiger partial charge in [-0.3, -0.25) is 9.36 Å². The van der Waals surface area contributed by atoms with Crippen LogP contribution in [-0.4, -0.2) is 78.0 Å². The lowest BCUT2D eigenvalue weighted by Crippen LogP contribution is -2.47. The first-order chi connectivity index (χ1) is 19.0. The predicted octanol–water partition coefficient (Wildman–Crippen LogP) is 1.80. The number of carboxylic acid groups (broad SMARTS) is 1. The SMILES string of the molecule is Nc1cc2c(=O)c(C(=O)O)cn(-c3cc(N4CCNCC4)ccn3)c2cc1N1CCN(c2ccccn2)CC1. The van der Waals surface area contributed by atoms with E-state index in [1.807, 2.05) is 36.4 Å². The minimum Gasteiger partial charge on any atom is -0.477 e. The molecule has 4 aromatic rings. The number of rotatable bonds is 5. The third kappa shape index (κ3) is 4.72.